The zero-order valence-electron chi connectivity index (χ0n) is 10.6. The minimum absolute atomic E-state index is 0.400. The number of hydrogen-bond acceptors (Lipinski definition) is 3. The quantitative estimate of drug-likeness (QED) is 0.904. The predicted octanol–water partition coefficient (Wildman–Crippen LogP) is 3.64. The minimum Gasteiger partial charge on any atom is -0.493 e. The summed E-state index contributed by atoms with van der Waals surface area (Å²) in [6.45, 7) is 2.57. The number of nitrogens with zero attached hydrogens (tertiary/aromatic N) is 1. The Labute approximate surface area is 123 Å². The number of aliphatic imine (C=N–C) groups is 1. The molecule has 19 heavy (non-hydrogen) atoms. The molecule has 0 spiro atoms. The van der Waals surface area contributed by atoms with Crippen LogP contribution in [0.2, 0.25) is 10.0 Å². The van der Waals surface area contributed by atoms with Gasteiger partial charge in [-0.2, -0.15) is 0 Å². The maximum Gasteiger partial charge on any atom is 0.124 e. The van der Waals surface area contributed by atoms with Crippen LogP contribution in [0.25, 0.3) is 0 Å². The summed E-state index contributed by atoms with van der Waals surface area (Å²) >= 11 is 12.2. The average molecular weight is 299 g/mol. The van der Waals surface area contributed by atoms with Crippen molar-refractivity contribution in [3.63, 3.8) is 0 Å². The smallest absolute Gasteiger partial charge is 0.124 e. The van der Waals surface area contributed by atoms with Crippen LogP contribution in [-0.4, -0.2) is 25.5 Å². The number of halogens is 2. The molecule has 2 aliphatic heterocycles. The highest BCUT2D eigenvalue weighted by atomic mass is 35.5. The normalized spacial score (nSPS) is 22.0. The highest BCUT2D eigenvalue weighted by molar-refractivity contribution is 6.42. The van der Waals surface area contributed by atoms with E-state index in [1.807, 2.05) is 12.1 Å². The van der Waals surface area contributed by atoms with Crippen LogP contribution in [0.4, 0.5) is 0 Å². The molecule has 0 saturated heterocycles. The summed E-state index contributed by atoms with van der Waals surface area (Å²) in [5.74, 6) is 2.37. The van der Waals surface area contributed by atoms with Crippen LogP contribution in [0.1, 0.15) is 30.7 Å². The highest BCUT2D eigenvalue weighted by Gasteiger charge is 2.23. The summed E-state index contributed by atoms with van der Waals surface area (Å²) in [5.41, 5.74) is 1.16. The van der Waals surface area contributed by atoms with E-state index in [9.17, 15) is 0 Å². The molecule has 2 aliphatic rings. The molecular formula is C14H16Cl2N2O. The van der Waals surface area contributed by atoms with Gasteiger partial charge in [-0.15, -0.1) is 0 Å². The van der Waals surface area contributed by atoms with E-state index < -0.39 is 0 Å². The predicted molar refractivity (Wildman–Crippen MR) is 78.9 cm³/mol. The molecule has 1 aromatic carbocycles. The van der Waals surface area contributed by atoms with Gasteiger partial charge in [-0.1, -0.05) is 23.2 Å². The van der Waals surface area contributed by atoms with E-state index in [4.69, 9.17) is 27.9 Å². The summed E-state index contributed by atoms with van der Waals surface area (Å²) in [6, 6.07) is 3.78. The number of nitrogens with one attached hydrogen (secondary N) is 1. The molecule has 1 aromatic rings. The van der Waals surface area contributed by atoms with Crippen molar-refractivity contribution in [3.05, 3.63) is 27.7 Å². The first kappa shape index (κ1) is 13.1. The fraction of sp³-hybridized carbons (Fsp3) is 0.500. The molecule has 0 radical (unpaired) electrons. The Morgan fingerprint density at radius 1 is 1.32 bits per heavy atom. The van der Waals surface area contributed by atoms with Gasteiger partial charge in [0.1, 0.15) is 5.75 Å². The minimum atomic E-state index is 0.400. The van der Waals surface area contributed by atoms with Gasteiger partial charge < -0.3 is 10.1 Å². The van der Waals surface area contributed by atoms with E-state index in [1.54, 1.807) is 0 Å². The van der Waals surface area contributed by atoms with E-state index in [0.29, 0.717) is 16.0 Å². The molecular weight excluding hydrogens is 283 g/mol. The van der Waals surface area contributed by atoms with Gasteiger partial charge in [0.05, 0.1) is 29.0 Å². The average Bonchev–Trinajstić information content (AvgIpc) is 2.82. The van der Waals surface area contributed by atoms with E-state index in [2.05, 4.69) is 10.3 Å². The lowest BCUT2D eigenvalue weighted by atomic mass is 9.91. The van der Waals surface area contributed by atoms with Gasteiger partial charge in [0.15, 0.2) is 0 Å². The molecule has 1 N–H and O–H groups in total. The van der Waals surface area contributed by atoms with E-state index in [0.717, 1.165) is 56.1 Å². The maximum absolute atomic E-state index is 6.15. The van der Waals surface area contributed by atoms with Gasteiger partial charge in [-0.25, -0.2) is 0 Å². The van der Waals surface area contributed by atoms with E-state index in [1.165, 1.54) is 0 Å². The number of benzene rings is 1. The fourth-order valence-corrected chi connectivity index (χ4v) is 3.01. The second kappa shape index (κ2) is 5.59. The van der Waals surface area contributed by atoms with Crippen LogP contribution in [-0.2, 0) is 0 Å². The molecule has 2 heterocycles. The molecule has 5 heteroatoms. The monoisotopic (exact) mass is 298 g/mol. The zero-order chi connectivity index (χ0) is 13.2. The number of amidine groups is 1. The van der Waals surface area contributed by atoms with Crippen LogP contribution in [0.3, 0.4) is 0 Å². The lowest BCUT2D eigenvalue weighted by Gasteiger charge is -2.17. The summed E-state index contributed by atoms with van der Waals surface area (Å²) in [4.78, 5) is 4.48. The highest BCUT2D eigenvalue weighted by Crippen LogP contribution is 2.40. The van der Waals surface area contributed by atoms with Crippen LogP contribution >= 0.6 is 23.2 Å². The van der Waals surface area contributed by atoms with Gasteiger partial charge in [0, 0.05) is 19.0 Å². The third-order valence-electron chi connectivity index (χ3n) is 3.63. The zero-order valence-corrected chi connectivity index (χ0v) is 12.1. The molecule has 0 saturated carbocycles. The van der Waals surface area contributed by atoms with Crippen LogP contribution in [0, 0.1) is 0 Å². The number of fused-ring (bicyclic) bond motifs is 1. The number of rotatable bonds is 2. The molecule has 0 amide bonds. The van der Waals surface area contributed by atoms with Gasteiger partial charge in [-0.3, -0.25) is 4.99 Å². The van der Waals surface area contributed by atoms with Crippen molar-refractivity contribution in [2.24, 2.45) is 4.99 Å². The fourth-order valence-electron chi connectivity index (χ4n) is 2.68. The Bertz CT molecular complexity index is 516. The Morgan fingerprint density at radius 3 is 2.95 bits per heavy atom. The van der Waals surface area contributed by atoms with Crippen molar-refractivity contribution in [1.29, 1.82) is 0 Å². The third-order valence-corrected chi connectivity index (χ3v) is 4.35. The van der Waals surface area contributed by atoms with Crippen molar-refractivity contribution >= 4 is 29.0 Å². The third kappa shape index (κ3) is 2.82. The van der Waals surface area contributed by atoms with Crippen LogP contribution in [0.15, 0.2) is 17.1 Å². The lowest BCUT2D eigenvalue weighted by Crippen LogP contribution is -2.20. The number of hydrogen-bond donors (Lipinski definition) is 1. The number of ether oxygens (including phenoxy) is 1. The second-order valence-corrected chi connectivity index (χ2v) is 5.77. The van der Waals surface area contributed by atoms with Crippen LogP contribution in [0.5, 0.6) is 5.75 Å². The van der Waals surface area contributed by atoms with Crippen molar-refractivity contribution in [1.82, 2.24) is 5.32 Å². The van der Waals surface area contributed by atoms with E-state index in [-0.39, 0.29) is 0 Å². The Morgan fingerprint density at radius 2 is 2.16 bits per heavy atom. The van der Waals surface area contributed by atoms with Gasteiger partial charge in [0.25, 0.3) is 0 Å². The van der Waals surface area contributed by atoms with Gasteiger partial charge >= 0.3 is 0 Å². The Hall–Kier alpha value is -0.930. The summed E-state index contributed by atoms with van der Waals surface area (Å²) < 4.78 is 5.78. The molecule has 102 valence electrons. The maximum atomic E-state index is 6.15. The van der Waals surface area contributed by atoms with E-state index >= 15 is 0 Å². The molecule has 0 fully saturated rings. The van der Waals surface area contributed by atoms with Crippen molar-refractivity contribution in [2.45, 2.75) is 25.2 Å². The molecule has 1 unspecified atom stereocenters. The largest absolute Gasteiger partial charge is 0.493 e. The van der Waals surface area contributed by atoms with Gasteiger partial charge in [0.2, 0.25) is 0 Å². The standard InChI is InChI=1S/C14H16Cl2N2O/c15-11-7-10-9(6-14-17-3-4-18-14)2-1-5-19-13(10)8-12(11)16/h7-9H,1-6H2,(H,17,18). The Kier molecular flexibility index (Phi) is 3.85. The molecule has 0 aliphatic carbocycles. The molecule has 3 rings (SSSR count). The summed E-state index contributed by atoms with van der Waals surface area (Å²) in [5, 5.41) is 4.48. The van der Waals surface area contributed by atoms with Crippen molar-refractivity contribution < 1.29 is 4.74 Å². The molecule has 3 nitrogen and oxygen atoms in total. The molecule has 0 bridgehead atoms. The summed E-state index contributed by atoms with van der Waals surface area (Å²) in [7, 11) is 0. The molecule has 1 atom stereocenters. The second-order valence-electron chi connectivity index (χ2n) is 4.95. The van der Waals surface area contributed by atoms with Crippen molar-refractivity contribution in [3.8, 4) is 5.75 Å². The SMILES string of the molecule is Clc1cc2c(cc1Cl)C(CC1=NCCN1)CCCO2. The van der Waals surface area contributed by atoms with Gasteiger partial charge in [-0.05, 0) is 30.4 Å². The first-order chi connectivity index (χ1) is 9.24. The van der Waals surface area contributed by atoms with Crippen molar-refractivity contribution in [2.75, 3.05) is 19.7 Å². The summed E-state index contributed by atoms with van der Waals surface area (Å²) in [6.07, 6.45) is 3.06. The lowest BCUT2D eigenvalue weighted by molar-refractivity contribution is 0.316. The molecule has 0 aromatic heterocycles. The van der Waals surface area contributed by atoms with Crippen LogP contribution < -0.4 is 10.1 Å². The first-order valence-electron chi connectivity index (χ1n) is 6.63. The Balaban J connectivity index is 1.91. The topological polar surface area (TPSA) is 33.6 Å². The first-order valence-corrected chi connectivity index (χ1v) is 7.38.